The normalized spacial score (nSPS) is 11.0. The molecule has 2 heterocycles. The predicted molar refractivity (Wildman–Crippen MR) is 102 cm³/mol. The highest BCUT2D eigenvalue weighted by Crippen LogP contribution is 2.19. The number of aryl methyl sites for hydroxylation is 2. The molecule has 0 saturated heterocycles. The van der Waals surface area contributed by atoms with Crippen LogP contribution in [0.4, 0.5) is 5.69 Å². The molecule has 4 rings (SSSR count). The van der Waals surface area contributed by atoms with Crippen molar-refractivity contribution in [3.05, 3.63) is 81.8 Å². The van der Waals surface area contributed by atoms with Crippen LogP contribution in [0.1, 0.15) is 16.8 Å². The van der Waals surface area contributed by atoms with Gasteiger partial charge in [-0.15, -0.1) is 0 Å². The van der Waals surface area contributed by atoms with Crippen LogP contribution < -0.4 is 10.9 Å². The summed E-state index contributed by atoms with van der Waals surface area (Å²) >= 11 is 0. The summed E-state index contributed by atoms with van der Waals surface area (Å²) in [5.74, 6) is 1.00. The van der Waals surface area contributed by atoms with Gasteiger partial charge in [-0.25, -0.2) is 4.98 Å². The fourth-order valence-electron chi connectivity index (χ4n) is 2.78. The molecule has 0 spiro atoms. The highest BCUT2D eigenvalue weighted by molar-refractivity contribution is 5.59. The number of hydrogen-bond donors (Lipinski definition) is 2. The van der Waals surface area contributed by atoms with Gasteiger partial charge in [-0.1, -0.05) is 30.3 Å². The number of fused-ring (bicyclic) bond motifs is 1. The molecule has 2 aromatic carbocycles. The molecule has 0 aliphatic rings. The maximum atomic E-state index is 12.4. The van der Waals surface area contributed by atoms with Gasteiger partial charge < -0.3 is 5.32 Å². The second kappa shape index (κ2) is 6.48. The number of nitrogens with zero attached hydrogens (tertiary/aromatic N) is 3. The van der Waals surface area contributed by atoms with E-state index in [1.165, 1.54) is 21.7 Å². The van der Waals surface area contributed by atoms with Crippen LogP contribution in [0.15, 0.2) is 59.4 Å². The first-order valence-electron chi connectivity index (χ1n) is 8.45. The third-order valence-corrected chi connectivity index (χ3v) is 4.41. The first-order valence-corrected chi connectivity index (χ1v) is 8.45. The molecule has 130 valence electrons. The van der Waals surface area contributed by atoms with Gasteiger partial charge in [0, 0.05) is 17.3 Å². The van der Waals surface area contributed by atoms with E-state index in [4.69, 9.17) is 0 Å². The van der Waals surface area contributed by atoms with Crippen molar-refractivity contribution in [1.29, 1.82) is 0 Å². The summed E-state index contributed by atoms with van der Waals surface area (Å²) in [7, 11) is 0. The van der Waals surface area contributed by atoms with E-state index in [2.05, 4.69) is 40.3 Å². The first-order chi connectivity index (χ1) is 12.6. The lowest BCUT2D eigenvalue weighted by atomic mass is 10.1. The highest BCUT2D eigenvalue weighted by Gasteiger charge is 2.10. The molecule has 2 aromatic heterocycles. The molecule has 2 N–H and O–H groups in total. The molecule has 6 heteroatoms. The van der Waals surface area contributed by atoms with Crippen LogP contribution in [0.5, 0.6) is 0 Å². The zero-order valence-electron chi connectivity index (χ0n) is 14.7. The van der Waals surface area contributed by atoms with E-state index in [1.54, 1.807) is 0 Å². The van der Waals surface area contributed by atoms with Gasteiger partial charge in [0.1, 0.15) is 0 Å². The molecule has 26 heavy (non-hydrogen) atoms. The Bertz CT molecular complexity index is 1130. The zero-order chi connectivity index (χ0) is 18.1. The van der Waals surface area contributed by atoms with Crippen LogP contribution >= 0.6 is 0 Å². The average Bonchev–Trinajstić information content (AvgIpc) is 3.08. The molecule has 0 unspecified atom stereocenters. The molecule has 0 saturated carbocycles. The average molecular weight is 345 g/mol. The maximum Gasteiger partial charge on any atom is 0.274 e. The molecule has 0 radical (unpaired) electrons. The van der Waals surface area contributed by atoms with Gasteiger partial charge in [0.05, 0.1) is 12.2 Å². The van der Waals surface area contributed by atoms with E-state index in [9.17, 15) is 4.79 Å². The summed E-state index contributed by atoms with van der Waals surface area (Å²) in [6.45, 7) is 4.58. The minimum Gasteiger partial charge on any atom is -0.379 e. The number of benzene rings is 2. The smallest absolute Gasteiger partial charge is 0.274 e. The number of rotatable bonds is 4. The van der Waals surface area contributed by atoms with Crippen LogP contribution in [0.25, 0.3) is 17.2 Å². The Balaban J connectivity index is 1.66. The Hall–Kier alpha value is -3.41. The molecular formula is C20H19N5O. The first kappa shape index (κ1) is 16.1. The topological polar surface area (TPSA) is 75.1 Å². The maximum absolute atomic E-state index is 12.4. The summed E-state index contributed by atoms with van der Waals surface area (Å²) in [6.07, 6.45) is 0. The van der Waals surface area contributed by atoms with E-state index in [0.717, 1.165) is 11.3 Å². The quantitative estimate of drug-likeness (QED) is 0.595. The monoisotopic (exact) mass is 345 g/mol. The largest absolute Gasteiger partial charge is 0.379 e. The Morgan fingerprint density at radius 3 is 2.58 bits per heavy atom. The SMILES string of the molecule is Cc1ccc(-c2nc3nc(CNc4ccccc4)cc(=O)n3[nH]2)cc1C. The number of anilines is 1. The third-order valence-electron chi connectivity index (χ3n) is 4.41. The second-order valence-corrected chi connectivity index (χ2v) is 6.31. The summed E-state index contributed by atoms with van der Waals surface area (Å²) in [4.78, 5) is 21.4. The number of aromatic amines is 1. The van der Waals surface area contributed by atoms with Crippen molar-refractivity contribution in [2.24, 2.45) is 0 Å². The van der Waals surface area contributed by atoms with Crippen molar-refractivity contribution in [2.75, 3.05) is 5.32 Å². The van der Waals surface area contributed by atoms with Crippen molar-refractivity contribution in [2.45, 2.75) is 20.4 Å². The standard InChI is InChI=1S/C20H19N5O/c1-13-8-9-15(10-14(13)2)19-23-20-22-17(11-18(26)25(20)24-19)12-21-16-6-4-3-5-7-16/h3-11,21H,12H2,1-2H3,(H,22,23,24). The molecule has 0 aliphatic carbocycles. The van der Waals surface area contributed by atoms with Crippen LogP contribution in [0.3, 0.4) is 0 Å². The molecule has 0 amide bonds. The molecule has 0 atom stereocenters. The molecule has 0 bridgehead atoms. The molecule has 0 fully saturated rings. The van der Waals surface area contributed by atoms with E-state index in [-0.39, 0.29) is 5.56 Å². The molecule has 6 nitrogen and oxygen atoms in total. The second-order valence-electron chi connectivity index (χ2n) is 6.31. The van der Waals surface area contributed by atoms with Crippen molar-refractivity contribution >= 4 is 11.5 Å². The summed E-state index contributed by atoms with van der Waals surface area (Å²) in [6, 6.07) is 17.4. The van der Waals surface area contributed by atoms with Gasteiger partial charge in [0.15, 0.2) is 5.82 Å². The fraction of sp³-hybridized carbons (Fsp3) is 0.150. The summed E-state index contributed by atoms with van der Waals surface area (Å²) in [5.41, 5.74) is 4.78. The summed E-state index contributed by atoms with van der Waals surface area (Å²) < 4.78 is 1.37. The van der Waals surface area contributed by atoms with E-state index >= 15 is 0 Å². The highest BCUT2D eigenvalue weighted by atomic mass is 16.1. The van der Waals surface area contributed by atoms with E-state index < -0.39 is 0 Å². The Labute approximate surface area is 150 Å². The minimum absolute atomic E-state index is 0.178. The lowest BCUT2D eigenvalue weighted by molar-refractivity contribution is 0.879. The van der Waals surface area contributed by atoms with E-state index in [1.807, 2.05) is 42.5 Å². The lowest BCUT2D eigenvalue weighted by Crippen LogP contribution is -2.17. The Kier molecular flexibility index (Phi) is 4.01. The van der Waals surface area contributed by atoms with Crippen molar-refractivity contribution < 1.29 is 0 Å². The van der Waals surface area contributed by atoms with Gasteiger partial charge in [-0.2, -0.15) is 9.50 Å². The van der Waals surface area contributed by atoms with Crippen LogP contribution in [-0.4, -0.2) is 19.6 Å². The third kappa shape index (κ3) is 3.09. The van der Waals surface area contributed by atoms with Gasteiger partial charge in [-0.3, -0.25) is 9.89 Å². The van der Waals surface area contributed by atoms with E-state index in [0.29, 0.717) is 23.8 Å². The van der Waals surface area contributed by atoms with Crippen LogP contribution in [-0.2, 0) is 6.54 Å². The number of para-hydroxylation sites is 1. The minimum atomic E-state index is -0.178. The molecule has 4 aromatic rings. The predicted octanol–water partition coefficient (Wildman–Crippen LogP) is 3.31. The van der Waals surface area contributed by atoms with Crippen molar-refractivity contribution in [1.82, 2.24) is 19.6 Å². The van der Waals surface area contributed by atoms with Crippen LogP contribution in [0.2, 0.25) is 0 Å². The van der Waals surface area contributed by atoms with Crippen LogP contribution in [0, 0.1) is 13.8 Å². The number of nitrogens with one attached hydrogen (secondary N) is 2. The summed E-state index contributed by atoms with van der Waals surface area (Å²) in [5, 5.41) is 6.29. The lowest BCUT2D eigenvalue weighted by Gasteiger charge is -2.05. The van der Waals surface area contributed by atoms with Crippen molar-refractivity contribution in [3.8, 4) is 11.4 Å². The van der Waals surface area contributed by atoms with Gasteiger partial charge in [0.25, 0.3) is 11.3 Å². The van der Waals surface area contributed by atoms with Gasteiger partial charge >= 0.3 is 0 Å². The molecule has 0 aliphatic heterocycles. The Morgan fingerprint density at radius 2 is 1.81 bits per heavy atom. The molecular weight excluding hydrogens is 326 g/mol. The van der Waals surface area contributed by atoms with Gasteiger partial charge in [0.2, 0.25) is 0 Å². The van der Waals surface area contributed by atoms with Crippen molar-refractivity contribution in [3.63, 3.8) is 0 Å². The number of aromatic nitrogens is 4. The Morgan fingerprint density at radius 1 is 1.00 bits per heavy atom. The van der Waals surface area contributed by atoms with Gasteiger partial charge in [-0.05, 0) is 43.2 Å². The number of hydrogen-bond acceptors (Lipinski definition) is 4. The number of H-pyrrole nitrogens is 1. The fourth-order valence-corrected chi connectivity index (χ4v) is 2.78. The zero-order valence-corrected chi connectivity index (χ0v) is 14.7.